The Morgan fingerprint density at radius 1 is 1.32 bits per heavy atom. The Morgan fingerprint density at radius 3 is 2.37 bits per heavy atom. The normalized spacial score (nSPS) is 15.9. The van der Waals surface area contributed by atoms with Gasteiger partial charge < -0.3 is 15.3 Å². The van der Waals surface area contributed by atoms with Gasteiger partial charge in [-0.2, -0.15) is 11.8 Å². The van der Waals surface area contributed by atoms with Gasteiger partial charge in [-0.3, -0.25) is 0 Å². The maximum absolute atomic E-state index is 10.1. The molecule has 1 aromatic carbocycles. The monoisotopic (exact) mass is 282 g/mol. The molecule has 0 fully saturated rings. The standard InChI is InChI=1S/C15H26N2OS/c1-12(16-10-15(2,18)11-19-5)13-6-8-14(9-7-13)17(3)4/h6-9,12,16,18H,10-11H2,1-5H3. The van der Waals surface area contributed by atoms with Crippen LogP contribution in [0.3, 0.4) is 0 Å². The zero-order valence-corrected chi connectivity index (χ0v) is 13.4. The zero-order chi connectivity index (χ0) is 14.5. The van der Waals surface area contributed by atoms with E-state index in [2.05, 4.69) is 41.4 Å². The van der Waals surface area contributed by atoms with Crippen molar-refractivity contribution < 1.29 is 5.11 Å². The van der Waals surface area contributed by atoms with Gasteiger partial charge in [-0.15, -0.1) is 0 Å². The van der Waals surface area contributed by atoms with E-state index in [-0.39, 0.29) is 6.04 Å². The van der Waals surface area contributed by atoms with Crippen LogP contribution in [0.5, 0.6) is 0 Å². The van der Waals surface area contributed by atoms with Crippen LogP contribution in [0.1, 0.15) is 25.5 Å². The molecule has 0 radical (unpaired) electrons. The van der Waals surface area contributed by atoms with E-state index in [4.69, 9.17) is 0 Å². The summed E-state index contributed by atoms with van der Waals surface area (Å²) in [5.74, 6) is 0.742. The molecule has 2 N–H and O–H groups in total. The second-order valence-electron chi connectivity index (χ2n) is 5.52. The molecular formula is C15H26N2OS. The third-order valence-corrected chi connectivity index (χ3v) is 4.06. The highest BCUT2D eigenvalue weighted by Crippen LogP contribution is 2.18. The predicted octanol–water partition coefficient (Wildman–Crippen LogP) is 2.52. The molecule has 108 valence electrons. The highest BCUT2D eigenvalue weighted by Gasteiger charge is 2.20. The Morgan fingerprint density at radius 2 is 1.89 bits per heavy atom. The van der Waals surface area contributed by atoms with Crippen LogP contribution in [-0.2, 0) is 0 Å². The Balaban J connectivity index is 2.56. The molecule has 0 aliphatic heterocycles. The van der Waals surface area contributed by atoms with Crippen LogP contribution in [0.2, 0.25) is 0 Å². The van der Waals surface area contributed by atoms with Crippen LogP contribution in [0, 0.1) is 0 Å². The molecule has 0 saturated carbocycles. The lowest BCUT2D eigenvalue weighted by Crippen LogP contribution is -2.40. The molecule has 0 aliphatic rings. The van der Waals surface area contributed by atoms with E-state index in [0.29, 0.717) is 6.54 Å². The second kappa shape index (κ2) is 7.17. The fourth-order valence-corrected chi connectivity index (χ4v) is 2.64. The molecule has 0 amide bonds. The fourth-order valence-electron chi connectivity index (χ4n) is 1.91. The summed E-state index contributed by atoms with van der Waals surface area (Å²) in [6.07, 6.45) is 2.01. The van der Waals surface area contributed by atoms with Crippen molar-refractivity contribution in [3.8, 4) is 0 Å². The number of rotatable bonds is 7. The minimum atomic E-state index is -0.656. The van der Waals surface area contributed by atoms with Crippen molar-refractivity contribution >= 4 is 17.4 Å². The number of nitrogens with one attached hydrogen (secondary N) is 1. The maximum Gasteiger partial charge on any atom is 0.0833 e. The topological polar surface area (TPSA) is 35.5 Å². The average molecular weight is 282 g/mol. The van der Waals surface area contributed by atoms with Crippen LogP contribution >= 0.6 is 11.8 Å². The first-order chi connectivity index (χ1) is 8.85. The van der Waals surface area contributed by atoms with Crippen molar-refractivity contribution in [2.24, 2.45) is 0 Å². The van der Waals surface area contributed by atoms with Gasteiger partial charge >= 0.3 is 0 Å². The smallest absolute Gasteiger partial charge is 0.0833 e. The van der Waals surface area contributed by atoms with Crippen LogP contribution in [0.15, 0.2) is 24.3 Å². The molecule has 2 unspecified atom stereocenters. The van der Waals surface area contributed by atoms with Crippen LogP contribution in [-0.4, -0.2) is 43.4 Å². The van der Waals surface area contributed by atoms with Crippen molar-refractivity contribution in [1.29, 1.82) is 0 Å². The summed E-state index contributed by atoms with van der Waals surface area (Å²) in [6.45, 7) is 4.60. The number of anilines is 1. The van der Waals surface area contributed by atoms with Gasteiger partial charge in [0.2, 0.25) is 0 Å². The van der Waals surface area contributed by atoms with Gasteiger partial charge in [0.1, 0.15) is 0 Å². The molecule has 1 rings (SSSR count). The van der Waals surface area contributed by atoms with E-state index in [0.717, 1.165) is 5.75 Å². The molecule has 0 bridgehead atoms. The summed E-state index contributed by atoms with van der Waals surface area (Å²) >= 11 is 1.67. The van der Waals surface area contributed by atoms with Gasteiger partial charge in [-0.1, -0.05) is 12.1 Å². The SMILES string of the molecule is CSCC(C)(O)CNC(C)c1ccc(N(C)C)cc1. The van der Waals surface area contributed by atoms with Gasteiger partial charge in [-0.25, -0.2) is 0 Å². The third kappa shape index (κ3) is 5.43. The largest absolute Gasteiger partial charge is 0.388 e. The summed E-state index contributed by atoms with van der Waals surface area (Å²) in [7, 11) is 4.08. The molecular weight excluding hydrogens is 256 g/mol. The summed E-state index contributed by atoms with van der Waals surface area (Å²) in [6, 6.07) is 8.75. The summed E-state index contributed by atoms with van der Waals surface area (Å²) in [5.41, 5.74) is 1.79. The highest BCUT2D eigenvalue weighted by atomic mass is 32.2. The van der Waals surface area contributed by atoms with Gasteiger partial charge in [0.05, 0.1) is 5.60 Å². The Hall–Kier alpha value is -0.710. The van der Waals surface area contributed by atoms with Crippen LogP contribution in [0.25, 0.3) is 0 Å². The van der Waals surface area contributed by atoms with Crippen molar-refractivity contribution in [3.63, 3.8) is 0 Å². The minimum absolute atomic E-state index is 0.240. The molecule has 0 heterocycles. The maximum atomic E-state index is 10.1. The molecule has 3 nitrogen and oxygen atoms in total. The fraction of sp³-hybridized carbons (Fsp3) is 0.600. The van der Waals surface area contributed by atoms with Crippen molar-refractivity contribution in [2.75, 3.05) is 37.5 Å². The molecule has 0 saturated heterocycles. The van der Waals surface area contributed by atoms with Crippen molar-refractivity contribution in [2.45, 2.75) is 25.5 Å². The molecule has 0 aliphatic carbocycles. The molecule has 19 heavy (non-hydrogen) atoms. The van der Waals surface area contributed by atoms with E-state index in [1.54, 1.807) is 11.8 Å². The van der Waals surface area contributed by atoms with E-state index < -0.39 is 5.60 Å². The number of hydrogen-bond donors (Lipinski definition) is 2. The highest BCUT2D eigenvalue weighted by molar-refractivity contribution is 7.98. The first kappa shape index (κ1) is 16.3. The first-order valence-electron chi connectivity index (χ1n) is 6.58. The quantitative estimate of drug-likeness (QED) is 0.805. The lowest BCUT2D eigenvalue weighted by Gasteiger charge is -2.25. The lowest BCUT2D eigenvalue weighted by molar-refractivity contribution is 0.0821. The second-order valence-corrected chi connectivity index (χ2v) is 6.38. The predicted molar refractivity (Wildman–Crippen MR) is 86.2 cm³/mol. The third-order valence-electron chi connectivity index (χ3n) is 3.15. The van der Waals surface area contributed by atoms with E-state index in [9.17, 15) is 5.11 Å². The number of hydrogen-bond acceptors (Lipinski definition) is 4. The zero-order valence-electron chi connectivity index (χ0n) is 12.6. The minimum Gasteiger partial charge on any atom is -0.388 e. The number of nitrogens with zero attached hydrogens (tertiary/aromatic N) is 1. The van der Waals surface area contributed by atoms with Gasteiger partial charge in [-0.05, 0) is 37.8 Å². The molecule has 1 aromatic rings. The first-order valence-corrected chi connectivity index (χ1v) is 7.97. The van der Waals surface area contributed by atoms with E-state index in [1.165, 1.54) is 11.3 Å². The Bertz CT molecular complexity index is 376. The summed E-state index contributed by atoms with van der Waals surface area (Å²) < 4.78 is 0. The van der Waals surface area contributed by atoms with Gasteiger partial charge in [0.25, 0.3) is 0 Å². The molecule has 0 spiro atoms. The molecule has 2 atom stereocenters. The summed E-state index contributed by atoms with van der Waals surface area (Å²) in [4.78, 5) is 2.09. The Labute approximate surface area is 121 Å². The van der Waals surface area contributed by atoms with Crippen LogP contribution < -0.4 is 10.2 Å². The van der Waals surface area contributed by atoms with Crippen LogP contribution in [0.4, 0.5) is 5.69 Å². The number of aliphatic hydroxyl groups is 1. The van der Waals surface area contributed by atoms with E-state index >= 15 is 0 Å². The van der Waals surface area contributed by atoms with Gasteiger partial charge in [0, 0.05) is 38.1 Å². The van der Waals surface area contributed by atoms with E-state index in [1.807, 2.05) is 27.3 Å². The molecule has 4 heteroatoms. The lowest BCUT2D eigenvalue weighted by atomic mass is 10.1. The summed E-state index contributed by atoms with van der Waals surface area (Å²) in [5, 5.41) is 13.5. The number of benzene rings is 1. The number of thioether (sulfide) groups is 1. The van der Waals surface area contributed by atoms with Crippen molar-refractivity contribution in [1.82, 2.24) is 5.32 Å². The van der Waals surface area contributed by atoms with Crippen molar-refractivity contribution in [3.05, 3.63) is 29.8 Å². The Kier molecular flexibility index (Phi) is 6.17. The average Bonchev–Trinajstić information content (AvgIpc) is 2.36. The van der Waals surface area contributed by atoms with Gasteiger partial charge in [0.15, 0.2) is 0 Å². The molecule has 0 aromatic heterocycles.